The fourth-order valence-electron chi connectivity index (χ4n) is 2.79. The number of hydrogen-bond acceptors (Lipinski definition) is 4. The van der Waals surface area contributed by atoms with Crippen molar-refractivity contribution >= 4 is 58.5 Å². The Morgan fingerprint density at radius 3 is 2.30 bits per heavy atom. The SMILES string of the molecule is O=C(CCC(=O)Nc1cccc(Cl)c1)NN=Cc1cc(Cl)ccc1OCc1cccc(Cl)c1. The quantitative estimate of drug-likeness (QED) is 0.273. The van der Waals surface area contributed by atoms with Gasteiger partial charge in [0.25, 0.3) is 0 Å². The lowest BCUT2D eigenvalue weighted by atomic mass is 10.2. The largest absolute Gasteiger partial charge is 0.488 e. The molecule has 3 aromatic rings. The van der Waals surface area contributed by atoms with Crippen LogP contribution in [-0.4, -0.2) is 18.0 Å². The van der Waals surface area contributed by atoms with Gasteiger partial charge in [0.15, 0.2) is 0 Å². The number of anilines is 1. The molecular weight excluding hydrogens is 485 g/mol. The molecular formula is C24H20Cl3N3O3. The van der Waals surface area contributed by atoms with Gasteiger partial charge in [0.2, 0.25) is 11.8 Å². The summed E-state index contributed by atoms with van der Waals surface area (Å²) in [5.41, 5.74) is 4.46. The van der Waals surface area contributed by atoms with Crippen LogP contribution in [0.15, 0.2) is 71.8 Å². The van der Waals surface area contributed by atoms with Crippen molar-refractivity contribution in [2.45, 2.75) is 19.4 Å². The van der Waals surface area contributed by atoms with E-state index in [1.807, 2.05) is 18.2 Å². The summed E-state index contributed by atoms with van der Waals surface area (Å²) in [7, 11) is 0. The van der Waals surface area contributed by atoms with Gasteiger partial charge in [-0.25, -0.2) is 5.43 Å². The summed E-state index contributed by atoms with van der Waals surface area (Å²) < 4.78 is 5.85. The number of hydrazone groups is 1. The van der Waals surface area contributed by atoms with E-state index in [-0.39, 0.29) is 18.7 Å². The van der Waals surface area contributed by atoms with Gasteiger partial charge in [0.1, 0.15) is 12.4 Å². The smallest absolute Gasteiger partial charge is 0.240 e. The molecule has 0 aliphatic heterocycles. The number of halogens is 3. The van der Waals surface area contributed by atoms with Crippen LogP contribution >= 0.6 is 34.8 Å². The van der Waals surface area contributed by atoms with E-state index in [9.17, 15) is 9.59 Å². The Hall–Kier alpha value is -3.06. The summed E-state index contributed by atoms with van der Waals surface area (Å²) >= 11 is 18.0. The van der Waals surface area contributed by atoms with Gasteiger partial charge in [-0.2, -0.15) is 5.10 Å². The van der Waals surface area contributed by atoms with Crippen molar-refractivity contribution in [1.82, 2.24) is 5.43 Å². The van der Waals surface area contributed by atoms with Gasteiger partial charge in [-0.15, -0.1) is 0 Å². The Kier molecular flexibility index (Phi) is 9.13. The molecule has 0 aromatic heterocycles. The minimum Gasteiger partial charge on any atom is -0.488 e. The van der Waals surface area contributed by atoms with Crippen LogP contribution in [0.2, 0.25) is 15.1 Å². The highest BCUT2D eigenvalue weighted by Crippen LogP contribution is 2.23. The van der Waals surface area contributed by atoms with E-state index in [0.717, 1.165) is 5.56 Å². The zero-order valence-corrected chi connectivity index (χ0v) is 19.6. The fourth-order valence-corrected chi connectivity index (χ4v) is 3.37. The first-order chi connectivity index (χ1) is 15.9. The lowest BCUT2D eigenvalue weighted by Crippen LogP contribution is -2.20. The average molecular weight is 505 g/mol. The minimum absolute atomic E-state index is 0.000964. The lowest BCUT2D eigenvalue weighted by Gasteiger charge is -2.10. The number of benzene rings is 3. The molecule has 0 bridgehead atoms. The molecule has 3 aromatic carbocycles. The van der Waals surface area contributed by atoms with E-state index in [0.29, 0.717) is 38.7 Å². The molecule has 6 nitrogen and oxygen atoms in total. The summed E-state index contributed by atoms with van der Waals surface area (Å²) in [6, 6.07) is 19.2. The molecule has 2 N–H and O–H groups in total. The van der Waals surface area contributed by atoms with Crippen molar-refractivity contribution in [1.29, 1.82) is 0 Å². The number of nitrogens with one attached hydrogen (secondary N) is 2. The normalized spacial score (nSPS) is 10.8. The van der Waals surface area contributed by atoms with Crippen LogP contribution in [0.3, 0.4) is 0 Å². The third kappa shape index (κ3) is 8.42. The van der Waals surface area contributed by atoms with Crippen molar-refractivity contribution in [2.24, 2.45) is 5.10 Å². The highest BCUT2D eigenvalue weighted by molar-refractivity contribution is 6.31. The Bertz CT molecular complexity index is 1170. The molecule has 0 saturated carbocycles. The highest BCUT2D eigenvalue weighted by Gasteiger charge is 2.08. The van der Waals surface area contributed by atoms with Crippen molar-refractivity contribution in [3.63, 3.8) is 0 Å². The number of ether oxygens (including phenoxy) is 1. The maximum atomic E-state index is 12.0. The van der Waals surface area contributed by atoms with E-state index in [2.05, 4.69) is 15.8 Å². The molecule has 2 amide bonds. The zero-order chi connectivity index (χ0) is 23.6. The topological polar surface area (TPSA) is 79.8 Å². The third-order valence-electron chi connectivity index (χ3n) is 4.34. The highest BCUT2D eigenvalue weighted by atomic mass is 35.5. The summed E-state index contributed by atoms with van der Waals surface area (Å²) in [4.78, 5) is 24.0. The molecule has 0 aliphatic carbocycles. The standard InChI is InChI=1S/C24H20Cl3N3O3/c25-18-4-1-3-16(11-18)15-33-22-8-7-20(27)12-17(22)14-28-30-24(32)10-9-23(31)29-21-6-2-5-19(26)13-21/h1-8,11-14H,9-10,15H2,(H,29,31)(H,30,32). The van der Waals surface area contributed by atoms with E-state index >= 15 is 0 Å². The Morgan fingerprint density at radius 2 is 1.55 bits per heavy atom. The first-order valence-corrected chi connectivity index (χ1v) is 11.1. The molecule has 0 spiro atoms. The zero-order valence-electron chi connectivity index (χ0n) is 17.4. The molecule has 0 atom stereocenters. The maximum absolute atomic E-state index is 12.0. The summed E-state index contributed by atoms with van der Waals surface area (Å²) in [5, 5.41) is 8.27. The van der Waals surface area contributed by atoms with Gasteiger partial charge in [-0.1, -0.05) is 53.0 Å². The maximum Gasteiger partial charge on any atom is 0.240 e. The van der Waals surface area contributed by atoms with Gasteiger partial charge >= 0.3 is 0 Å². The van der Waals surface area contributed by atoms with E-state index < -0.39 is 5.91 Å². The second-order valence-electron chi connectivity index (χ2n) is 6.95. The second-order valence-corrected chi connectivity index (χ2v) is 8.26. The summed E-state index contributed by atoms with van der Waals surface area (Å²) in [6.45, 7) is 0.303. The van der Waals surface area contributed by atoms with Crippen molar-refractivity contribution in [3.8, 4) is 5.75 Å². The molecule has 9 heteroatoms. The number of hydrogen-bond donors (Lipinski definition) is 2. The monoisotopic (exact) mass is 503 g/mol. The van der Waals surface area contributed by atoms with E-state index in [4.69, 9.17) is 39.5 Å². The molecule has 33 heavy (non-hydrogen) atoms. The molecule has 0 aliphatic rings. The van der Waals surface area contributed by atoms with Crippen LogP contribution in [0, 0.1) is 0 Å². The first-order valence-electron chi connectivity index (χ1n) is 9.93. The number of amides is 2. The van der Waals surface area contributed by atoms with Gasteiger partial charge in [-0.3, -0.25) is 9.59 Å². The van der Waals surface area contributed by atoms with Crippen molar-refractivity contribution in [2.75, 3.05) is 5.32 Å². The molecule has 0 radical (unpaired) electrons. The van der Waals surface area contributed by atoms with Crippen molar-refractivity contribution in [3.05, 3.63) is 92.9 Å². The van der Waals surface area contributed by atoms with E-state index in [1.54, 1.807) is 48.5 Å². The summed E-state index contributed by atoms with van der Waals surface area (Å²) in [6.07, 6.45) is 1.40. The number of rotatable bonds is 9. The van der Waals surface area contributed by atoms with Crippen molar-refractivity contribution < 1.29 is 14.3 Å². The van der Waals surface area contributed by atoms with Crippen LogP contribution in [0.25, 0.3) is 0 Å². The number of carbonyl (C=O) groups is 2. The van der Waals surface area contributed by atoms with Gasteiger partial charge in [-0.05, 0) is 54.1 Å². The Morgan fingerprint density at radius 1 is 0.848 bits per heavy atom. The molecule has 3 rings (SSSR count). The molecule has 0 saturated heterocycles. The number of carbonyl (C=O) groups excluding carboxylic acids is 2. The Labute approximate surface area is 206 Å². The van der Waals surface area contributed by atoms with Gasteiger partial charge < -0.3 is 10.1 Å². The second kappa shape index (κ2) is 12.3. The fraction of sp³-hybridized carbons (Fsp3) is 0.125. The predicted octanol–water partition coefficient (Wildman–Crippen LogP) is 6.09. The minimum atomic E-state index is -0.407. The molecule has 0 heterocycles. The Balaban J connectivity index is 1.51. The first kappa shape index (κ1) is 24.6. The van der Waals surface area contributed by atoms with Gasteiger partial charge in [0, 0.05) is 39.2 Å². The van der Waals surface area contributed by atoms with Crippen LogP contribution in [0.5, 0.6) is 5.75 Å². The van der Waals surface area contributed by atoms with Crippen LogP contribution in [-0.2, 0) is 16.2 Å². The van der Waals surface area contributed by atoms with Gasteiger partial charge in [0.05, 0.1) is 6.21 Å². The number of nitrogens with zero attached hydrogens (tertiary/aromatic N) is 1. The average Bonchev–Trinajstić information content (AvgIpc) is 2.77. The van der Waals surface area contributed by atoms with E-state index in [1.165, 1.54) is 6.21 Å². The molecule has 170 valence electrons. The lowest BCUT2D eigenvalue weighted by molar-refractivity contribution is -0.124. The summed E-state index contributed by atoms with van der Waals surface area (Å²) in [5.74, 6) is -0.169. The predicted molar refractivity (Wildman–Crippen MR) is 132 cm³/mol. The molecule has 0 fully saturated rings. The van der Waals surface area contributed by atoms with Crippen LogP contribution in [0.4, 0.5) is 5.69 Å². The third-order valence-corrected chi connectivity index (χ3v) is 5.04. The van der Waals surface area contributed by atoms with Crippen LogP contribution < -0.4 is 15.5 Å². The van der Waals surface area contributed by atoms with Crippen LogP contribution in [0.1, 0.15) is 24.0 Å². The molecule has 0 unspecified atom stereocenters.